The number of aryl methyl sites for hydroxylation is 1. The van der Waals surface area contributed by atoms with Crippen molar-refractivity contribution in [1.29, 1.82) is 0 Å². The molecule has 3 aromatic rings. The van der Waals surface area contributed by atoms with Crippen molar-refractivity contribution < 1.29 is 5.11 Å². The third-order valence-corrected chi connectivity index (χ3v) is 6.30. The molecule has 4 rings (SSSR count). The van der Waals surface area contributed by atoms with Crippen LogP contribution in [0.4, 0.5) is 5.82 Å². The number of rotatable bonds is 7. The number of thioether (sulfide) groups is 1. The molecule has 0 saturated heterocycles. The first-order chi connectivity index (χ1) is 15.9. The van der Waals surface area contributed by atoms with Crippen molar-refractivity contribution in [1.82, 2.24) is 14.6 Å². The molecule has 0 radical (unpaired) electrons. The van der Waals surface area contributed by atoms with E-state index in [1.807, 2.05) is 45.3 Å². The molecule has 1 aliphatic rings. The fourth-order valence-corrected chi connectivity index (χ4v) is 4.42. The highest BCUT2D eigenvalue weighted by atomic mass is 32.2. The van der Waals surface area contributed by atoms with Gasteiger partial charge in [0.1, 0.15) is 0 Å². The fraction of sp³-hybridized carbons (Fsp3) is 0.296. The summed E-state index contributed by atoms with van der Waals surface area (Å²) < 4.78 is 1.80. The zero-order chi connectivity index (χ0) is 23.8. The minimum Gasteiger partial charge on any atom is -0.390 e. The van der Waals surface area contributed by atoms with E-state index in [0.29, 0.717) is 5.92 Å². The van der Waals surface area contributed by atoms with E-state index in [4.69, 9.17) is 4.99 Å². The van der Waals surface area contributed by atoms with Gasteiger partial charge in [0.25, 0.3) is 0 Å². The van der Waals surface area contributed by atoms with Gasteiger partial charge < -0.3 is 5.11 Å². The molecule has 1 aliphatic carbocycles. The third-order valence-electron chi connectivity index (χ3n) is 5.45. The van der Waals surface area contributed by atoms with Crippen LogP contribution in [-0.2, 0) is 0 Å². The van der Waals surface area contributed by atoms with Gasteiger partial charge in [-0.15, -0.1) is 24.6 Å². The molecule has 1 N–H and O–H groups in total. The molecule has 0 unspecified atom stereocenters. The number of aromatic nitrogens is 3. The van der Waals surface area contributed by atoms with E-state index in [9.17, 15) is 5.11 Å². The molecule has 0 bridgehead atoms. The van der Waals surface area contributed by atoms with Gasteiger partial charge in [0, 0.05) is 29.8 Å². The molecule has 0 aliphatic heterocycles. The van der Waals surface area contributed by atoms with Crippen molar-refractivity contribution in [3.63, 3.8) is 0 Å². The Morgan fingerprint density at radius 2 is 2.00 bits per heavy atom. The van der Waals surface area contributed by atoms with Gasteiger partial charge in [-0.3, -0.25) is 0 Å². The number of aliphatic hydroxyl groups is 1. The maximum absolute atomic E-state index is 9.98. The Kier molecular flexibility index (Phi) is 8.26. The minimum atomic E-state index is -0.505. The third kappa shape index (κ3) is 6.22. The average molecular weight is 459 g/mol. The lowest BCUT2D eigenvalue weighted by molar-refractivity contribution is -0.0313. The first-order valence-corrected chi connectivity index (χ1v) is 11.9. The minimum absolute atomic E-state index is 0.449. The highest BCUT2D eigenvalue weighted by Gasteiger charge is 2.38. The largest absolute Gasteiger partial charge is 0.390 e. The van der Waals surface area contributed by atoms with E-state index in [1.54, 1.807) is 16.3 Å². The maximum Gasteiger partial charge on any atom is 0.164 e. The van der Waals surface area contributed by atoms with Crippen LogP contribution in [0.5, 0.6) is 0 Å². The SMILES string of the molecule is C#C.C/C=C\SC/C=C/c1cnc2cc(C)nn2c1/N=C/c1ccc(C2CC(C)(O)C2)cc1. The highest BCUT2D eigenvalue weighted by molar-refractivity contribution is 8.02. The molecule has 2 aromatic heterocycles. The summed E-state index contributed by atoms with van der Waals surface area (Å²) >= 11 is 1.74. The van der Waals surface area contributed by atoms with E-state index >= 15 is 0 Å². The lowest BCUT2D eigenvalue weighted by Gasteiger charge is -2.41. The molecular formula is C27H30N4OS. The van der Waals surface area contributed by atoms with Gasteiger partial charge in [-0.2, -0.15) is 9.61 Å². The number of nitrogens with zero attached hydrogens (tertiary/aromatic N) is 4. The van der Waals surface area contributed by atoms with E-state index < -0.39 is 5.60 Å². The van der Waals surface area contributed by atoms with Crippen LogP contribution in [0.1, 0.15) is 55.0 Å². The number of allylic oxidation sites excluding steroid dienone is 1. The number of benzene rings is 1. The predicted molar refractivity (Wildman–Crippen MR) is 140 cm³/mol. The van der Waals surface area contributed by atoms with E-state index in [-0.39, 0.29) is 0 Å². The quantitative estimate of drug-likeness (QED) is 0.270. The molecule has 33 heavy (non-hydrogen) atoms. The van der Waals surface area contributed by atoms with Crippen LogP contribution in [-0.4, -0.2) is 37.3 Å². The van der Waals surface area contributed by atoms with E-state index in [1.165, 1.54) is 5.56 Å². The Bertz CT molecular complexity index is 1180. The summed E-state index contributed by atoms with van der Waals surface area (Å²) in [6.45, 7) is 5.88. The van der Waals surface area contributed by atoms with Crippen LogP contribution in [0.3, 0.4) is 0 Å². The van der Waals surface area contributed by atoms with Gasteiger partial charge >= 0.3 is 0 Å². The molecule has 0 atom stereocenters. The first kappa shape index (κ1) is 24.5. The summed E-state index contributed by atoms with van der Waals surface area (Å²) in [4.78, 5) is 9.31. The summed E-state index contributed by atoms with van der Waals surface area (Å²) in [6.07, 6.45) is 19.6. The van der Waals surface area contributed by atoms with Crippen molar-refractivity contribution in [3.8, 4) is 12.8 Å². The molecule has 5 nitrogen and oxygen atoms in total. The van der Waals surface area contributed by atoms with E-state index in [0.717, 1.165) is 46.9 Å². The van der Waals surface area contributed by atoms with Crippen molar-refractivity contribution in [2.45, 2.75) is 45.1 Å². The molecule has 0 spiro atoms. The van der Waals surface area contributed by atoms with Crippen molar-refractivity contribution >= 4 is 35.5 Å². The molecule has 1 fully saturated rings. The van der Waals surface area contributed by atoms with Crippen LogP contribution in [0.2, 0.25) is 0 Å². The zero-order valence-electron chi connectivity index (χ0n) is 19.3. The second-order valence-electron chi connectivity index (χ2n) is 8.32. The second-order valence-corrected chi connectivity index (χ2v) is 9.26. The Morgan fingerprint density at radius 3 is 2.67 bits per heavy atom. The van der Waals surface area contributed by atoms with Gasteiger partial charge in [0.15, 0.2) is 11.5 Å². The standard InChI is InChI=1S/C25H28N4OS.C2H2/c1-4-11-31-12-5-6-21-17-26-23-13-18(2)28-29(23)24(21)27-16-19-7-9-20(10-8-19)22-14-25(3,30)15-22;1-2/h4-11,13,16-17,22,30H,12,14-15H2,1-3H3;1-2H/b6-5+,11-4-,27-16+;. The number of hydrogen-bond acceptors (Lipinski definition) is 5. The summed E-state index contributed by atoms with van der Waals surface area (Å²) in [7, 11) is 0. The molecule has 6 heteroatoms. The van der Waals surface area contributed by atoms with E-state index in [2.05, 4.69) is 64.8 Å². The van der Waals surface area contributed by atoms with Gasteiger partial charge in [-0.05, 0) is 56.1 Å². The van der Waals surface area contributed by atoms with Gasteiger partial charge in [-0.1, -0.05) is 42.5 Å². The fourth-order valence-electron chi connectivity index (χ4n) is 3.91. The summed E-state index contributed by atoms with van der Waals surface area (Å²) in [5.41, 5.74) is 4.43. The Morgan fingerprint density at radius 1 is 1.27 bits per heavy atom. The topological polar surface area (TPSA) is 62.8 Å². The normalized spacial score (nSPS) is 20.4. The first-order valence-electron chi connectivity index (χ1n) is 10.9. The molecule has 1 aromatic carbocycles. The van der Waals surface area contributed by atoms with Gasteiger partial charge in [-0.25, -0.2) is 9.98 Å². The van der Waals surface area contributed by atoms with Gasteiger partial charge in [0.05, 0.1) is 11.3 Å². The average Bonchev–Trinajstić information content (AvgIpc) is 3.18. The number of hydrogen-bond donors (Lipinski definition) is 1. The monoisotopic (exact) mass is 458 g/mol. The lowest BCUT2D eigenvalue weighted by Crippen LogP contribution is -2.39. The number of aliphatic imine (C=N–C) groups is 1. The number of fused-ring (bicyclic) bond motifs is 1. The summed E-state index contributed by atoms with van der Waals surface area (Å²) in [5.74, 6) is 2.11. The lowest BCUT2D eigenvalue weighted by atomic mass is 9.69. The van der Waals surface area contributed by atoms with Crippen LogP contribution < -0.4 is 0 Å². The van der Waals surface area contributed by atoms with Crippen molar-refractivity contribution in [2.75, 3.05) is 5.75 Å². The zero-order valence-corrected chi connectivity index (χ0v) is 20.2. The van der Waals surface area contributed by atoms with Crippen LogP contribution in [0.25, 0.3) is 11.7 Å². The Balaban J connectivity index is 0.00000149. The molecule has 1 saturated carbocycles. The Labute approximate surface area is 200 Å². The molecule has 170 valence electrons. The molecule has 2 heterocycles. The van der Waals surface area contributed by atoms with Crippen molar-refractivity contribution in [2.24, 2.45) is 4.99 Å². The second kappa shape index (κ2) is 11.1. The number of terminal acetylenes is 1. The maximum atomic E-state index is 9.98. The molecule has 0 amide bonds. The van der Waals surface area contributed by atoms with Gasteiger partial charge in [0.2, 0.25) is 0 Å². The summed E-state index contributed by atoms with van der Waals surface area (Å²) in [6, 6.07) is 10.4. The highest BCUT2D eigenvalue weighted by Crippen LogP contribution is 2.44. The predicted octanol–water partition coefficient (Wildman–Crippen LogP) is 5.95. The molecular weight excluding hydrogens is 428 g/mol. The smallest absolute Gasteiger partial charge is 0.164 e. The van der Waals surface area contributed by atoms with Crippen molar-refractivity contribution in [3.05, 3.63) is 76.5 Å². The Hall–Kier alpha value is -3.14. The van der Waals surface area contributed by atoms with Crippen LogP contribution >= 0.6 is 11.8 Å². The van der Waals surface area contributed by atoms with Crippen LogP contribution in [0, 0.1) is 19.8 Å². The summed E-state index contributed by atoms with van der Waals surface area (Å²) in [5, 5.41) is 16.6. The van der Waals surface area contributed by atoms with Crippen LogP contribution in [0.15, 0.2) is 59.1 Å².